The van der Waals surface area contributed by atoms with Crippen molar-refractivity contribution in [3.05, 3.63) is 35.9 Å². The molecule has 3 N–H and O–H groups in total. The van der Waals surface area contributed by atoms with Crippen LogP contribution in [0.3, 0.4) is 0 Å². The van der Waals surface area contributed by atoms with Crippen molar-refractivity contribution >= 4 is 11.8 Å². The van der Waals surface area contributed by atoms with Gasteiger partial charge in [0, 0.05) is 25.6 Å². The third kappa shape index (κ3) is 4.06. The van der Waals surface area contributed by atoms with Gasteiger partial charge in [0.2, 0.25) is 11.8 Å². The van der Waals surface area contributed by atoms with E-state index in [4.69, 9.17) is 5.73 Å². The van der Waals surface area contributed by atoms with Gasteiger partial charge in [-0.05, 0) is 18.4 Å². The van der Waals surface area contributed by atoms with E-state index in [0.29, 0.717) is 19.5 Å². The average molecular weight is 275 g/mol. The van der Waals surface area contributed by atoms with Gasteiger partial charge in [-0.15, -0.1) is 0 Å². The number of piperidine rings is 1. The molecule has 1 aromatic carbocycles. The molecule has 0 spiro atoms. The lowest BCUT2D eigenvalue weighted by Crippen LogP contribution is -2.44. The zero-order chi connectivity index (χ0) is 14.4. The van der Waals surface area contributed by atoms with Crippen molar-refractivity contribution in [2.45, 2.75) is 25.3 Å². The van der Waals surface area contributed by atoms with Gasteiger partial charge in [-0.3, -0.25) is 9.59 Å². The van der Waals surface area contributed by atoms with Crippen LogP contribution in [0.1, 0.15) is 30.9 Å². The largest absolute Gasteiger partial charge is 0.353 e. The van der Waals surface area contributed by atoms with Crippen LogP contribution < -0.4 is 11.1 Å². The molecule has 2 amide bonds. The van der Waals surface area contributed by atoms with E-state index in [2.05, 4.69) is 5.32 Å². The smallest absolute Gasteiger partial charge is 0.239 e. The number of nitrogens with two attached hydrogens (primary N) is 1. The lowest BCUT2D eigenvalue weighted by molar-refractivity contribution is -0.137. The number of amides is 2. The van der Waals surface area contributed by atoms with Crippen molar-refractivity contribution in [3.63, 3.8) is 0 Å². The summed E-state index contributed by atoms with van der Waals surface area (Å²) in [5.41, 5.74) is 7.00. The SMILES string of the molecule is NC(CNC(=O)CN1CCCCC1=O)c1ccccc1. The predicted octanol–water partition coefficient (Wildman–Crippen LogP) is 0.815. The molecule has 1 fully saturated rings. The molecule has 0 aromatic heterocycles. The first-order chi connectivity index (χ1) is 9.66. The topological polar surface area (TPSA) is 75.4 Å². The third-order valence-corrected chi connectivity index (χ3v) is 3.50. The Morgan fingerprint density at radius 1 is 1.30 bits per heavy atom. The molecule has 1 saturated heterocycles. The molecule has 1 aliphatic heterocycles. The number of likely N-dealkylation sites (tertiary alicyclic amines) is 1. The number of benzene rings is 1. The second-order valence-electron chi connectivity index (χ2n) is 5.09. The van der Waals surface area contributed by atoms with Crippen LogP contribution in [0.15, 0.2) is 30.3 Å². The molecule has 1 aromatic rings. The van der Waals surface area contributed by atoms with Gasteiger partial charge in [-0.25, -0.2) is 0 Å². The maximum atomic E-state index is 11.8. The number of carbonyl (C=O) groups excluding carboxylic acids is 2. The average Bonchev–Trinajstić information content (AvgIpc) is 2.48. The van der Waals surface area contributed by atoms with E-state index in [-0.39, 0.29) is 24.4 Å². The van der Waals surface area contributed by atoms with Gasteiger partial charge in [-0.1, -0.05) is 30.3 Å². The number of carbonyl (C=O) groups is 2. The van der Waals surface area contributed by atoms with Gasteiger partial charge in [0.1, 0.15) is 0 Å². The summed E-state index contributed by atoms with van der Waals surface area (Å²) in [5.74, 6) is -0.0783. The van der Waals surface area contributed by atoms with Crippen molar-refractivity contribution in [3.8, 4) is 0 Å². The van der Waals surface area contributed by atoms with E-state index in [9.17, 15) is 9.59 Å². The summed E-state index contributed by atoms with van der Waals surface area (Å²) in [5, 5.41) is 2.79. The highest BCUT2D eigenvalue weighted by Crippen LogP contribution is 2.10. The van der Waals surface area contributed by atoms with E-state index in [1.54, 1.807) is 4.90 Å². The minimum absolute atomic E-state index is 0.0683. The van der Waals surface area contributed by atoms with Gasteiger partial charge in [0.25, 0.3) is 0 Å². The highest BCUT2D eigenvalue weighted by Gasteiger charge is 2.20. The summed E-state index contributed by atoms with van der Waals surface area (Å²) in [6.07, 6.45) is 2.45. The standard InChI is InChI=1S/C15H21N3O2/c16-13(12-6-2-1-3-7-12)10-17-14(19)11-18-9-5-4-8-15(18)20/h1-3,6-7,13H,4-5,8-11,16H2,(H,17,19). The molecular formula is C15H21N3O2. The zero-order valence-electron chi connectivity index (χ0n) is 11.5. The van der Waals surface area contributed by atoms with Crippen LogP contribution >= 0.6 is 0 Å². The van der Waals surface area contributed by atoms with Gasteiger partial charge in [0.05, 0.1) is 6.54 Å². The number of rotatable bonds is 5. The monoisotopic (exact) mass is 275 g/mol. The Morgan fingerprint density at radius 3 is 2.75 bits per heavy atom. The van der Waals surface area contributed by atoms with E-state index in [0.717, 1.165) is 18.4 Å². The van der Waals surface area contributed by atoms with E-state index in [1.807, 2.05) is 30.3 Å². The Balaban J connectivity index is 1.76. The molecule has 0 radical (unpaired) electrons. The van der Waals surface area contributed by atoms with Crippen LogP contribution in [0, 0.1) is 0 Å². The van der Waals surface area contributed by atoms with Gasteiger partial charge in [0.15, 0.2) is 0 Å². The maximum absolute atomic E-state index is 11.8. The molecule has 0 aliphatic carbocycles. The molecule has 0 saturated carbocycles. The number of hydrogen-bond donors (Lipinski definition) is 2. The second kappa shape index (κ2) is 7.05. The molecule has 1 aliphatic rings. The molecule has 108 valence electrons. The summed E-state index contributed by atoms with van der Waals surface area (Å²) in [7, 11) is 0. The van der Waals surface area contributed by atoms with Crippen molar-refractivity contribution < 1.29 is 9.59 Å². The summed E-state index contributed by atoms with van der Waals surface area (Å²) < 4.78 is 0. The Morgan fingerprint density at radius 2 is 2.05 bits per heavy atom. The Kier molecular flexibility index (Phi) is 5.12. The number of nitrogens with zero attached hydrogens (tertiary/aromatic N) is 1. The predicted molar refractivity (Wildman–Crippen MR) is 76.8 cm³/mol. The highest BCUT2D eigenvalue weighted by molar-refractivity contribution is 5.85. The lowest BCUT2D eigenvalue weighted by atomic mass is 10.1. The van der Waals surface area contributed by atoms with Crippen molar-refractivity contribution in [2.75, 3.05) is 19.6 Å². The lowest BCUT2D eigenvalue weighted by Gasteiger charge is -2.26. The Bertz CT molecular complexity index is 461. The molecule has 1 heterocycles. The summed E-state index contributed by atoms with van der Waals surface area (Å²) >= 11 is 0. The molecule has 5 nitrogen and oxygen atoms in total. The van der Waals surface area contributed by atoms with Crippen molar-refractivity contribution in [1.29, 1.82) is 0 Å². The molecule has 2 rings (SSSR count). The summed E-state index contributed by atoms with van der Waals surface area (Å²) in [6, 6.07) is 9.41. The van der Waals surface area contributed by atoms with Crippen molar-refractivity contribution in [2.24, 2.45) is 5.73 Å². The molecule has 0 bridgehead atoms. The van der Waals surface area contributed by atoms with Gasteiger partial charge < -0.3 is 16.0 Å². The molecule has 5 heteroatoms. The first-order valence-electron chi connectivity index (χ1n) is 7.02. The van der Waals surface area contributed by atoms with E-state index >= 15 is 0 Å². The molecular weight excluding hydrogens is 254 g/mol. The summed E-state index contributed by atoms with van der Waals surface area (Å²) in [6.45, 7) is 1.20. The maximum Gasteiger partial charge on any atom is 0.239 e. The molecule has 20 heavy (non-hydrogen) atoms. The minimum Gasteiger partial charge on any atom is -0.353 e. The van der Waals surface area contributed by atoms with Crippen LogP contribution in [0.4, 0.5) is 0 Å². The quantitative estimate of drug-likeness (QED) is 0.835. The minimum atomic E-state index is -0.225. The van der Waals surface area contributed by atoms with Crippen molar-refractivity contribution in [1.82, 2.24) is 10.2 Å². The van der Waals surface area contributed by atoms with Crippen LogP contribution in [-0.4, -0.2) is 36.3 Å². The van der Waals surface area contributed by atoms with E-state index < -0.39 is 0 Å². The van der Waals surface area contributed by atoms with Gasteiger partial charge in [-0.2, -0.15) is 0 Å². The van der Waals surface area contributed by atoms with Crippen LogP contribution in [0.25, 0.3) is 0 Å². The number of nitrogens with one attached hydrogen (secondary N) is 1. The van der Waals surface area contributed by atoms with Crippen LogP contribution in [-0.2, 0) is 9.59 Å². The fourth-order valence-electron chi connectivity index (χ4n) is 2.30. The van der Waals surface area contributed by atoms with Crippen LogP contribution in [0.5, 0.6) is 0 Å². The zero-order valence-corrected chi connectivity index (χ0v) is 11.5. The second-order valence-corrected chi connectivity index (χ2v) is 5.09. The molecule has 1 atom stereocenters. The first-order valence-corrected chi connectivity index (χ1v) is 7.02. The van der Waals surface area contributed by atoms with Gasteiger partial charge >= 0.3 is 0 Å². The van der Waals surface area contributed by atoms with Crippen LogP contribution in [0.2, 0.25) is 0 Å². The normalized spacial score (nSPS) is 16.9. The Hall–Kier alpha value is -1.88. The fraction of sp³-hybridized carbons (Fsp3) is 0.467. The first kappa shape index (κ1) is 14.5. The Labute approximate surface area is 119 Å². The third-order valence-electron chi connectivity index (χ3n) is 3.50. The summed E-state index contributed by atoms with van der Waals surface area (Å²) in [4.78, 5) is 25.1. The van der Waals surface area contributed by atoms with E-state index in [1.165, 1.54) is 0 Å². The highest BCUT2D eigenvalue weighted by atomic mass is 16.2. The number of hydrogen-bond acceptors (Lipinski definition) is 3. The molecule has 1 unspecified atom stereocenters. The fourth-order valence-corrected chi connectivity index (χ4v) is 2.30.